The Kier molecular flexibility index (Phi) is 4.24. The number of anilines is 2. The topological polar surface area (TPSA) is 52.0 Å². The van der Waals surface area contributed by atoms with E-state index in [1.807, 2.05) is 6.92 Å². The van der Waals surface area contributed by atoms with Crippen LogP contribution in [-0.2, 0) is 6.42 Å². The zero-order valence-corrected chi connectivity index (χ0v) is 12.8. The van der Waals surface area contributed by atoms with Crippen molar-refractivity contribution in [2.45, 2.75) is 19.8 Å². The Morgan fingerprint density at radius 3 is 3.05 bits per heavy atom. The van der Waals surface area contributed by atoms with E-state index in [1.165, 1.54) is 11.3 Å². The van der Waals surface area contributed by atoms with Gasteiger partial charge in [-0.15, -0.1) is 0 Å². The van der Waals surface area contributed by atoms with Crippen LogP contribution in [0.1, 0.15) is 23.2 Å². The van der Waals surface area contributed by atoms with Gasteiger partial charge in [-0.25, -0.2) is 4.98 Å². The Hall–Kier alpha value is -2.54. The number of aryl methyl sites for hydroxylation is 1. The highest BCUT2D eigenvalue weighted by Gasteiger charge is 2.17. The molecule has 1 N–H and O–H groups in total. The van der Waals surface area contributed by atoms with Crippen LogP contribution in [-0.4, -0.2) is 24.6 Å². The van der Waals surface area contributed by atoms with E-state index >= 15 is 0 Å². The molecule has 0 saturated carbocycles. The molecule has 2 heterocycles. The first kappa shape index (κ1) is 14.4. The highest BCUT2D eigenvalue weighted by molar-refractivity contribution is 5.57. The van der Waals surface area contributed by atoms with Gasteiger partial charge in [0, 0.05) is 31.0 Å². The molecule has 0 unspecified atom stereocenters. The number of nitrogens with zero attached hydrogens (tertiary/aromatic N) is 3. The van der Waals surface area contributed by atoms with Crippen LogP contribution < -0.4 is 10.2 Å². The van der Waals surface area contributed by atoms with Crippen molar-refractivity contribution < 1.29 is 0 Å². The van der Waals surface area contributed by atoms with E-state index in [0.717, 1.165) is 44.0 Å². The molecule has 112 valence electrons. The van der Waals surface area contributed by atoms with Crippen LogP contribution in [0.25, 0.3) is 0 Å². The largest absolute Gasteiger partial charge is 0.371 e. The third kappa shape index (κ3) is 3.20. The Balaban J connectivity index is 1.51. The minimum atomic E-state index is 0.656. The normalized spacial score (nSPS) is 12.8. The maximum Gasteiger partial charge on any atom is 0.127 e. The zero-order chi connectivity index (χ0) is 15.4. The molecule has 0 spiro atoms. The van der Waals surface area contributed by atoms with Crippen LogP contribution >= 0.6 is 0 Å². The Morgan fingerprint density at radius 1 is 1.32 bits per heavy atom. The number of fused-ring (bicyclic) bond motifs is 1. The molecule has 2 aromatic rings. The molecule has 3 rings (SSSR count). The quantitative estimate of drug-likeness (QED) is 0.860. The van der Waals surface area contributed by atoms with Crippen molar-refractivity contribution in [3.63, 3.8) is 0 Å². The van der Waals surface area contributed by atoms with Gasteiger partial charge in [-0.3, -0.25) is 0 Å². The first-order valence-corrected chi connectivity index (χ1v) is 7.72. The molecular weight excluding hydrogens is 272 g/mol. The number of para-hydroxylation sites is 1. The van der Waals surface area contributed by atoms with Crippen LogP contribution in [0.3, 0.4) is 0 Å². The maximum absolute atomic E-state index is 8.98. The highest BCUT2D eigenvalue weighted by Crippen LogP contribution is 2.27. The fourth-order valence-electron chi connectivity index (χ4n) is 2.95. The number of nitriles is 1. The van der Waals surface area contributed by atoms with Gasteiger partial charge in [0.15, 0.2) is 0 Å². The molecule has 0 bridgehead atoms. The van der Waals surface area contributed by atoms with Gasteiger partial charge in [-0.1, -0.05) is 18.2 Å². The molecular formula is C18H20N4. The average Bonchev–Trinajstić information content (AvgIpc) is 2.94. The summed E-state index contributed by atoms with van der Waals surface area (Å²) in [6.07, 6.45) is 2.19. The lowest BCUT2D eigenvalue weighted by atomic mass is 10.2. The summed E-state index contributed by atoms with van der Waals surface area (Å²) < 4.78 is 0. The van der Waals surface area contributed by atoms with Crippen molar-refractivity contribution >= 4 is 11.5 Å². The van der Waals surface area contributed by atoms with E-state index in [1.54, 1.807) is 12.1 Å². The summed E-state index contributed by atoms with van der Waals surface area (Å²) >= 11 is 0. The van der Waals surface area contributed by atoms with Gasteiger partial charge in [0.05, 0.1) is 11.6 Å². The fourth-order valence-corrected chi connectivity index (χ4v) is 2.95. The summed E-state index contributed by atoms with van der Waals surface area (Å²) in [5.41, 5.74) is 4.36. The van der Waals surface area contributed by atoms with E-state index in [9.17, 15) is 0 Å². The molecule has 0 atom stereocenters. The molecule has 0 aliphatic carbocycles. The van der Waals surface area contributed by atoms with E-state index < -0.39 is 0 Å². The lowest BCUT2D eigenvalue weighted by Crippen LogP contribution is -2.23. The van der Waals surface area contributed by atoms with Crippen LogP contribution in [0, 0.1) is 18.3 Å². The summed E-state index contributed by atoms with van der Waals surface area (Å²) in [4.78, 5) is 6.86. The van der Waals surface area contributed by atoms with E-state index in [2.05, 4.69) is 45.5 Å². The summed E-state index contributed by atoms with van der Waals surface area (Å²) in [7, 11) is 0. The Labute approximate surface area is 131 Å². The summed E-state index contributed by atoms with van der Waals surface area (Å²) in [5, 5.41) is 12.3. The molecule has 22 heavy (non-hydrogen) atoms. The van der Waals surface area contributed by atoms with Crippen molar-refractivity contribution in [2.24, 2.45) is 0 Å². The van der Waals surface area contributed by atoms with E-state index in [4.69, 9.17) is 5.26 Å². The molecule has 0 saturated heterocycles. The van der Waals surface area contributed by atoms with Gasteiger partial charge in [-0.05, 0) is 43.5 Å². The van der Waals surface area contributed by atoms with Gasteiger partial charge in [-0.2, -0.15) is 5.26 Å². The number of aromatic nitrogens is 1. The Bertz CT molecular complexity index is 702. The molecule has 4 nitrogen and oxygen atoms in total. The van der Waals surface area contributed by atoms with Gasteiger partial charge in [0.25, 0.3) is 0 Å². The van der Waals surface area contributed by atoms with Crippen molar-refractivity contribution in [3.8, 4) is 6.07 Å². The number of benzene rings is 1. The maximum atomic E-state index is 8.98. The van der Waals surface area contributed by atoms with Crippen LogP contribution in [0.5, 0.6) is 0 Å². The van der Waals surface area contributed by atoms with Crippen LogP contribution in [0.4, 0.5) is 11.5 Å². The van der Waals surface area contributed by atoms with Gasteiger partial charge < -0.3 is 10.2 Å². The number of nitrogens with one attached hydrogen (secondary N) is 1. The lowest BCUT2D eigenvalue weighted by molar-refractivity contribution is 0.772. The molecule has 1 aliphatic heterocycles. The molecule has 1 aromatic heterocycles. The van der Waals surface area contributed by atoms with Gasteiger partial charge in [0.2, 0.25) is 0 Å². The molecule has 4 heteroatoms. The van der Waals surface area contributed by atoms with Crippen LogP contribution in [0.2, 0.25) is 0 Å². The summed E-state index contributed by atoms with van der Waals surface area (Å²) in [5.74, 6) is 0.790. The van der Waals surface area contributed by atoms with Crippen molar-refractivity contribution in [1.29, 1.82) is 5.26 Å². The predicted molar refractivity (Wildman–Crippen MR) is 89.2 cm³/mol. The summed E-state index contributed by atoms with van der Waals surface area (Å²) in [6.45, 7) is 4.93. The summed E-state index contributed by atoms with van der Waals surface area (Å²) in [6, 6.07) is 14.4. The van der Waals surface area contributed by atoms with Crippen molar-refractivity contribution in [1.82, 2.24) is 4.98 Å². The highest BCUT2D eigenvalue weighted by atomic mass is 15.1. The van der Waals surface area contributed by atoms with Crippen molar-refractivity contribution in [2.75, 3.05) is 29.9 Å². The number of rotatable bonds is 5. The molecule has 1 aliphatic rings. The first-order valence-electron chi connectivity index (χ1n) is 7.72. The lowest BCUT2D eigenvalue weighted by Gasteiger charge is -2.19. The Morgan fingerprint density at radius 2 is 2.18 bits per heavy atom. The number of pyridine rings is 1. The third-order valence-electron chi connectivity index (χ3n) is 3.98. The van der Waals surface area contributed by atoms with Crippen molar-refractivity contribution in [3.05, 3.63) is 53.2 Å². The van der Waals surface area contributed by atoms with E-state index in [-0.39, 0.29) is 0 Å². The zero-order valence-electron chi connectivity index (χ0n) is 12.8. The average molecular weight is 292 g/mol. The molecule has 0 fully saturated rings. The second kappa shape index (κ2) is 6.48. The second-order valence-corrected chi connectivity index (χ2v) is 5.64. The standard InChI is InChI=1S/C18H20N4/c1-14-11-15(13-19)12-18(21-14)20-8-4-9-22-10-7-16-5-2-3-6-17(16)22/h2-3,5-6,11-12H,4,7-10H2,1H3,(H,20,21). The van der Waals surface area contributed by atoms with E-state index in [0.29, 0.717) is 5.56 Å². The SMILES string of the molecule is Cc1cc(C#N)cc(NCCCN2CCc3ccccc32)n1. The number of hydrogen-bond donors (Lipinski definition) is 1. The smallest absolute Gasteiger partial charge is 0.127 e. The second-order valence-electron chi connectivity index (χ2n) is 5.64. The third-order valence-corrected chi connectivity index (χ3v) is 3.98. The van der Waals surface area contributed by atoms with Gasteiger partial charge >= 0.3 is 0 Å². The minimum Gasteiger partial charge on any atom is -0.371 e. The number of hydrogen-bond acceptors (Lipinski definition) is 4. The molecule has 0 amide bonds. The fraction of sp³-hybridized carbons (Fsp3) is 0.333. The monoisotopic (exact) mass is 292 g/mol. The first-order chi connectivity index (χ1) is 10.8. The van der Waals surface area contributed by atoms with Crippen LogP contribution in [0.15, 0.2) is 36.4 Å². The molecule has 0 radical (unpaired) electrons. The van der Waals surface area contributed by atoms with Gasteiger partial charge in [0.1, 0.15) is 5.82 Å². The predicted octanol–water partition coefficient (Wildman–Crippen LogP) is 3.13. The minimum absolute atomic E-state index is 0.656. The molecule has 1 aromatic carbocycles.